The lowest BCUT2D eigenvalue weighted by Crippen LogP contribution is -2.29. The Morgan fingerprint density at radius 2 is 2.17 bits per heavy atom. The molecule has 0 aliphatic heterocycles. The summed E-state index contributed by atoms with van der Waals surface area (Å²) in [7, 11) is -2.44. The summed E-state index contributed by atoms with van der Waals surface area (Å²) in [6.07, 6.45) is 0. The van der Waals surface area contributed by atoms with Gasteiger partial charge in [0, 0.05) is 13.1 Å². The Morgan fingerprint density at radius 1 is 1.50 bits per heavy atom. The SMILES string of the molecule is COc1ccc(S(=O)(=O)NCCN)cc1C(=O)O. The molecule has 0 unspecified atom stereocenters. The number of nitrogens with one attached hydrogen (secondary N) is 1. The van der Waals surface area contributed by atoms with Crippen molar-refractivity contribution in [3.63, 3.8) is 0 Å². The van der Waals surface area contributed by atoms with Gasteiger partial charge in [0.2, 0.25) is 10.0 Å². The molecule has 1 rings (SSSR count). The minimum absolute atomic E-state index is 0.0801. The van der Waals surface area contributed by atoms with Crippen LogP contribution in [-0.4, -0.2) is 39.7 Å². The van der Waals surface area contributed by atoms with Crippen molar-refractivity contribution < 1.29 is 23.1 Å². The fourth-order valence-electron chi connectivity index (χ4n) is 1.30. The lowest BCUT2D eigenvalue weighted by molar-refractivity contribution is 0.0693. The predicted octanol–water partition coefficient (Wildman–Crippen LogP) is -0.370. The Balaban J connectivity index is 3.20. The van der Waals surface area contributed by atoms with Gasteiger partial charge in [-0.3, -0.25) is 0 Å². The summed E-state index contributed by atoms with van der Waals surface area (Å²) in [5.74, 6) is -1.16. The summed E-state index contributed by atoms with van der Waals surface area (Å²) in [5.41, 5.74) is 4.98. The van der Waals surface area contributed by atoms with Crippen molar-refractivity contribution in [1.82, 2.24) is 4.72 Å². The molecule has 1 aromatic carbocycles. The lowest BCUT2D eigenvalue weighted by atomic mass is 10.2. The average molecular weight is 274 g/mol. The van der Waals surface area contributed by atoms with Gasteiger partial charge in [-0.15, -0.1) is 0 Å². The number of hydrogen-bond acceptors (Lipinski definition) is 5. The van der Waals surface area contributed by atoms with Crippen LogP contribution >= 0.6 is 0 Å². The van der Waals surface area contributed by atoms with E-state index in [9.17, 15) is 13.2 Å². The standard InChI is InChI=1S/C10H14N2O5S/c1-17-9-3-2-7(6-8(9)10(13)14)18(15,16)12-5-4-11/h2-3,6,12H,4-5,11H2,1H3,(H,13,14). The molecule has 1 aromatic rings. The quantitative estimate of drug-likeness (QED) is 0.651. The van der Waals surface area contributed by atoms with E-state index in [0.29, 0.717) is 0 Å². The fourth-order valence-corrected chi connectivity index (χ4v) is 2.37. The molecule has 0 aliphatic rings. The van der Waals surface area contributed by atoms with E-state index in [-0.39, 0.29) is 29.3 Å². The monoisotopic (exact) mass is 274 g/mol. The molecule has 0 amide bonds. The normalized spacial score (nSPS) is 11.2. The number of carboxylic acids is 1. The van der Waals surface area contributed by atoms with Crippen LogP contribution in [0.25, 0.3) is 0 Å². The number of rotatable bonds is 6. The van der Waals surface area contributed by atoms with Crippen molar-refractivity contribution >= 4 is 16.0 Å². The molecule has 4 N–H and O–H groups in total. The molecule has 0 bridgehead atoms. The maximum absolute atomic E-state index is 11.8. The first-order valence-electron chi connectivity index (χ1n) is 5.03. The number of benzene rings is 1. The predicted molar refractivity (Wildman–Crippen MR) is 64.2 cm³/mol. The highest BCUT2D eigenvalue weighted by atomic mass is 32.2. The van der Waals surface area contributed by atoms with Crippen LogP contribution < -0.4 is 15.2 Å². The van der Waals surface area contributed by atoms with E-state index in [1.54, 1.807) is 0 Å². The first-order valence-corrected chi connectivity index (χ1v) is 6.51. The smallest absolute Gasteiger partial charge is 0.339 e. The van der Waals surface area contributed by atoms with Crippen LogP contribution in [-0.2, 0) is 10.0 Å². The molecule has 0 aromatic heterocycles. The van der Waals surface area contributed by atoms with E-state index in [1.807, 2.05) is 0 Å². The van der Waals surface area contributed by atoms with Crippen LogP contribution in [0.2, 0.25) is 0 Å². The van der Waals surface area contributed by atoms with Crippen LogP contribution in [0.15, 0.2) is 23.1 Å². The Kier molecular flexibility index (Phi) is 4.65. The third-order valence-corrected chi connectivity index (χ3v) is 3.61. The molecule has 0 radical (unpaired) electrons. The largest absolute Gasteiger partial charge is 0.496 e. The Bertz CT molecular complexity index is 541. The number of aromatic carboxylic acids is 1. The van der Waals surface area contributed by atoms with Crippen molar-refractivity contribution in [2.24, 2.45) is 5.73 Å². The molecular formula is C10H14N2O5S. The zero-order valence-corrected chi connectivity index (χ0v) is 10.5. The summed E-state index contributed by atoms with van der Waals surface area (Å²) in [5, 5.41) is 8.95. The van der Waals surface area contributed by atoms with Crippen LogP contribution in [0.1, 0.15) is 10.4 Å². The first kappa shape index (κ1) is 14.4. The minimum atomic E-state index is -3.75. The van der Waals surface area contributed by atoms with Gasteiger partial charge in [0.05, 0.1) is 12.0 Å². The summed E-state index contributed by atoms with van der Waals surface area (Å²) in [6, 6.07) is 3.60. The number of methoxy groups -OCH3 is 1. The van der Waals surface area contributed by atoms with Crippen molar-refractivity contribution in [2.75, 3.05) is 20.2 Å². The number of hydrogen-bond donors (Lipinski definition) is 3. The molecule has 0 saturated heterocycles. The second-order valence-electron chi connectivity index (χ2n) is 3.35. The molecule has 18 heavy (non-hydrogen) atoms. The third kappa shape index (κ3) is 3.19. The molecule has 100 valence electrons. The molecule has 8 heteroatoms. The topological polar surface area (TPSA) is 119 Å². The molecule has 0 fully saturated rings. The first-order chi connectivity index (χ1) is 8.42. The molecule has 0 heterocycles. The van der Waals surface area contributed by atoms with Crippen molar-refractivity contribution in [1.29, 1.82) is 0 Å². The molecule has 0 aliphatic carbocycles. The highest BCUT2D eigenvalue weighted by Crippen LogP contribution is 2.22. The lowest BCUT2D eigenvalue weighted by Gasteiger charge is -2.09. The van der Waals surface area contributed by atoms with Crippen molar-refractivity contribution in [2.45, 2.75) is 4.90 Å². The highest BCUT2D eigenvalue weighted by molar-refractivity contribution is 7.89. The van der Waals surface area contributed by atoms with E-state index in [0.717, 1.165) is 6.07 Å². The molecule has 7 nitrogen and oxygen atoms in total. The fraction of sp³-hybridized carbons (Fsp3) is 0.300. The molecular weight excluding hydrogens is 260 g/mol. The van der Waals surface area contributed by atoms with Gasteiger partial charge in [-0.2, -0.15) is 0 Å². The molecule has 0 spiro atoms. The zero-order valence-electron chi connectivity index (χ0n) is 9.71. The number of carbonyl (C=O) groups is 1. The van der Waals surface area contributed by atoms with E-state index in [4.69, 9.17) is 15.6 Å². The van der Waals surface area contributed by atoms with Gasteiger partial charge in [-0.05, 0) is 18.2 Å². The minimum Gasteiger partial charge on any atom is -0.496 e. The average Bonchev–Trinajstić information content (AvgIpc) is 2.35. The van der Waals surface area contributed by atoms with Crippen molar-refractivity contribution in [3.8, 4) is 5.75 Å². The molecule has 0 atom stereocenters. The summed E-state index contributed by atoms with van der Waals surface area (Å²) < 4.78 is 30.6. The third-order valence-electron chi connectivity index (χ3n) is 2.15. The maximum atomic E-state index is 11.8. The number of carboxylic acid groups (broad SMARTS) is 1. The van der Waals surface area contributed by atoms with Crippen LogP contribution in [0.5, 0.6) is 5.75 Å². The van der Waals surface area contributed by atoms with E-state index in [1.165, 1.54) is 19.2 Å². The van der Waals surface area contributed by atoms with Gasteiger partial charge >= 0.3 is 5.97 Å². The van der Waals surface area contributed by atoms with Gasteiger partial charge in [-0.1, -0.05) is 0 Å². The number of sulfonamides is 1. The van der Waals surface area contributed by atoms with Crippen LogP contribution in [0.3, 0.4) is 0 Å². The zero-order chi connectivity index (χ0) is 13.8. The number of ether oxygens (including phenoxy) is 1. The van der Waals surface area contributed by atoms with Gasteiger partial charge in [0.1, 0.15) is 11.3 Å². The highest BCUT2D eigenvalue weighted by Gasteiger charge is 2.18. The Labute approximate surface area is 105 Å². The Morgan fingerprint density at radius 3 is 2.67 bits per heavy atom. The van der Waals surface area contributed by atoms with E-state index < -0.39 is 16.0 Å². The van der Waals surface area contributed by atoms with E-state index in [2.05, 4.69) is 4.72 Å². The van der Waals surface area contributed by atoms with E-state index >= 15 is 0 Å². The summed E-state index contributed by atoms with van der Waals surface area (Å²) >= 11 is 0. The van der Waals surface area contributed by atoms with Crippen LogP contribution in [0, 0.1) is 0 Å². The maximum Gasteiger partial charge on any atom is 0.339 e. The second kappa shape index (κ2) is 5.80. The molecule has 0 saturated carbocycles. The van der Waals surface area contributed by atoms with Crippen molar-refractivity contribution in [3.05, 3.63) is 23.8 Å². The Hall–Kier alpha value is -1.64. The second-order valence-corrected chi connectivity index (χ2v) is 5.12. The van der Waals surface area contributed by atoms with Gasteiger partial charge < -0.3 is 15.6 Å². The van der Waals surface area contributed by atoms with Gasteiger partial charge in [0.15, 0.2) is 0 Å². The van der Waals surface area contributed by atoms with Crippen LogP contribution in [0.4, 0.5) is 0 Å². The summed E-state index contributed by atoms with van der Waals surface area (Å²) in [6.45, 7) is 0.234. The van der Waals surface area contributed by atoms with Gasteiger partial charge in [0.25, 0.3) is 0 Å². The van der Waals surface area contributed by atoms with Gasteiger partial charge in [-0.25, -0.2) is 17.9 Å². The number of nitrogens with two attached hydrogens (primary N) is 1. The summed E-state index contributed by atoms with van der Waals surface area (Å²) in [4.78, 5) is 10.8.